The van der Waals surface area contributed by atoms with Crippen LogP contribution < -0.4 is 16.6 Å². The number of aromatic nitrogens is 1. The number of amides is 1. The lowest BCUT2D eigenvalue weighted by atomic mass is 9.92. The average Bonchev–Trinajstić information content (AvgIpc) is 2.37. The number of nitrogens with two attached hydrogens (primary N) is 1. The summed E-state index contributed by atoms with van der Waals surface area (Å²) in [5, 5.41) is 12.6. The normalized spacial score (nSPS) is 23.0. The van der Waals surface area contributed by atoms with Crippen molar-refractivity contribution in [3.63, 3.8) is 0 Å². The summed E-state index contributed by atoms with van der Waals surface area (Å²) in [5.74, 6) is -0.279. The summed E-state index contributed by atoms with van der Waals surface area (Å²) >= 11 is 0. The number of hydrogen-bond donors (Lipinski definition) is 3. The maximum absolute atomic E-state index is 11.9. The fourth-order valence-corrected chi connectivity index (χ4v) is 2.36. The quantitative estimate of drug-likeness (QED) is 0.708. The first-order valence-corrected chi connectivity index (χ1v) is 6.49. The highest BCUT2D eigenvalue weighted by atomic mass is 16.3. The summed E-state index contributed by atoms with van der Waals surface area (Å²) in [4.78, 5) is 23.4. The van der Waals surface area contributed by atoms with Crippen LogP contribution in [0.2, 0.25) is 0 Å². The maximum atomic E-state index is 11.9. The van der Waals surface area contributed by atoms with Gasteiger partial charge in [0.2, 0.25) is 5.91 Å². The SMILES string of the molecule is Nc1ccc(=O)n(CC(=O)N[C@@H]2CCCC[C@H]2O)c1. The van der Waals surface area contributed by atoms with Crippen LogP contribution in [-0.4, -0.2) is 27.7 Å². The van der Waals surface area contributed by atoms with Crippen LogP contribution in [0.3, 0.4) is 0 Å². The number of aliphatic hydroxyl groups excluding tert-OH is 1. The van der Waals surface area contributed by atoms with Gasteiger partial charge in [0.1, 0.15) is 6.54 Å². The molecular weight excluding hydrogens is 246 g/mol. The summed E-state index contributed by atoms with van der Waals surface area (Å²) in [5.41, 5.74) is 5.74. The highest BCUT2D eigenvalue weighted by Crippen LogP contribution is 2.18. The van der Waals surface area contributed by atoms with Crippen LogP contribution in [0.4, 0.5) is 5.69 Å². The molecule has 1 fully saturated rings. The van der Waals surface area contributed by atoms with E-state index in [-0.39, 0.29) is 24.1 Å². The molecule has 1 aliphatic carbocycles. The van der Waals surface area contributed by atoms with E-state index in [1.165, 1.54) is 22.9 Å². The zero-order valence-corrected chi connectivity index (χ0v) is 10.7. The fraction of sp³-hybridized carbons (Fsp3) is 0.538. The van der Waals surface area contributed by atoms with Gasteiger partial charge in [0, 0.05) is 18.0 Å². The molecule has 1 heterocycles. The summed E-state index contributed by atoms with van der Waals surface area (Å²) < 4.78 is 1.26. The van der Waals surface area contributed by atoms with Crippen LogP contribution in [0.25, 0.3) is 0 Å². The first-order valence-electron chi connectivity index (χ1n) is 6.49. The standard InChI is InChI=1S/C13H19N3O3/c14-9-5-6-13(19)16(7-9)8-12(18)15-10-3-1-2-4-11(10)17/h5-7,10-11,17H,1-4,8,14H2,(H,15,18)/t10-,11-/m1/s1. The van der Waals surface area contributed by atoms with Crippen molar-refractivity contribution in [3.8, 4) is 0 Å². The Morgan fingerprint density at radius 2 is 2.16 bits per heavy atom. The highest BCUT2D eigenvalue weighted by molar-refractivity contribution is 5.76. The third kappa shape index (κ3) is 3.57. The van der Waals surface area contributed by atoms with Crippen molar-refractivity contribution in [1.29, 1.82) is 0 Å². The number of nitrogens with zero attached hydrogens (tertiary/aromatic N) is 1. The third-order valence-corrected chi connectivity index (χ3v) is 3.40. The largest absolute Gasteiger partial charge is 0.398 e. The molecule has 0 aliphatic heterocycles. The van der Waals surface area contributed by atoms with Gasteiger partial charge in [-0.3, -0.25) is 9.59 Å². The van der Waals surface area contributed by atoms with Crippen molar-refractivity contribution >= 4 is 11.6 Å². The molecular formula is C13H19N3O3. The van der Waals surface area contributed by atoms with Gasteiger partial charge in [-0.05, 0) is 18.9 Å². The molecule has 4 N–H and O–H groups in total. The van der Waals surface area contributed by atoms with Gasteiger partial charge in [0.25, 0.3) is 5.56 Å². The van der Waals surface area contributed by atoms with Gasteiger partial charge in [-0.1, -0.05) is 12.8 Å². The maximum Gasteiger partial charge on any atom is 0.251 e. The monoisotopic (exact) mass is 265 g/mol. The number of anilines is 1. The number of rotatable bonds is 3. The van der Waals surface area contributed by atoms with Gasteiger partial charge in [0.15, 0.2) is 0 Å². The van der Waals surface area contributed by atoms with Crippen LogP contribution in [0.15, 0.2) is 23.1 Å². The van der Waals surface area contributed by atoms with Crippen LogP contribution in [-0.2, 0) is 11.3 Å². The van der Waals surface area contributed by atoms with Crippen LogP contribution in [0.5, 0.6) is 0 Å². The lowest BCUT2D eigenvalue weighted by Gasteiger charge is -2.28. The molecule has 0 saturated heterocycles. The number of hydrogen-bond acceptors (Lipinski definition) is 4. The first-order chi connectivity index (χ1) is 9.06. The van der Waals surface area contributed by atoms with Crippen molar-refractivity contribution in [1.82, 2.24) is 9.88 Å². The molecule has 1 aromatic rings. The van der Waals surface area contributed by atoms with Gasteiger partial charge < -0.3 is 20.7 Å². The van der Waals surface area contributed by atoms with Crippen LogP contribution in [0.1, 0.15) is 25.7 Å². The molecule has 1 aliphatic rings. The molecule has 6 heteroatoms. The Kier molecular flexibility index (Phi) is 4.21. The minimum absolute atomic E-state index is 0.0763. The number of aliphatic hydroxyl groups is 1. The molecule has 1 aromatic heterocycles. The average molecular weight is 265 g/mol. The molecule has 104 valence electrons. The Bertz CT molecular complexity index is 512. The van der Waals surface area contributed by atoms with E-state index in [0.29, 0.717) is 12.1 Å². The summed E-state index contributed by atoms with van der Waals surface area (Å²) in [6, 6.07) is 2.62. The Morgan fingerprint density at radius 3 is 2.89 bits per heavy atom. The Hall–Kier alpha value is -1.82. The summed E-state index contributed by atoms with van der Waals surface area (Å²) in [6.07, 6.45) is 4.43. The van der Waals surface area contributed by atoms with E-state index in [9.17, 15) is 14.7 Å². The van der Waals surface area contributed by atoms with Crippen LogP contribution in [0, 0.1) is 0 Å². The van der Waals surface area contributed by atoms with E-state index in [4.69, 9.17) is 5.73 Å². The minimum Gasteiger partial charge on any atom is -0.398 e. The predicted molar refractivity (Wildman–Crippen MR) is 71.5 cm³/mol. The zero-order chi connectivity index (χ0) is 13.8. The fourth-order valence-electron chi connectivity index (χ4n) is 2.36. The first kappa shape index (κ1) is 13.6. The second kappa shape index (κ2) is 5.88. The van der Waals surface area contributed by atoms with Crippen LogP contribution >= 0.6 is 0 Å². The topological polar surface area (TPSA) is 97.4 Å². The number of nitrogen functional groups attached to an aromatic ring is 1. The highest BCUT2D eigenvalue weighted by Gasteiger charge is 2.24. The second-order valence-electron chi connectivity index (χ2n) is 4.95. The molecule has 1 amide bonds. The summed E-state index contributed by atoms with van der Waals surface area (Å²) in [7, 11) is 0. The third-order valence-electron chi connectivity index (χ3n) is 3.40. The summed E-state index contributed by atoms with van der Waals surface area (Å²) in [6.45, 7) is -0.0763. The molecule has 0 spiro atoms. The van der Waals surface area contributed by atoms with Crippen molar-refractivity contribution in [2.45, 2.75) is 44.4 Å². The van der Waals surface area contributed by atoms with Gasteiger partial charge in [-0.15, -0.1) is 0 Å². The molecule has 0 radical (unpaired) electrons. The van der Waals surface area contributed by atoms with Crippen molar-refractivity contribution < 1.29 is 9.90 Å². The number of carbonyl (C=O) groups excluding carboxylic acids is 1. The van der Waals surface area contributed by atoms with Crippen molar-refractivity contribution in [3.05, 3.63) is 28.7 Å². The lowest BCUT2D eigenvalue weighted by Crippen LogP contribution is -2.46. The number of nitrogens with one attached hydrogen (secondary N) is 1. The molecule has 1 saturated carbocycles. The number of pyridine rings is 1. The van der Waals surface area contributed by atoms with Crippen molar-refractivity contribution in [2.75, 3.05) is 5.73 Å². The Labute approximate surface area is 111 Å². The molecule has 19 heavy (non-hydrogen) atoms. The molecule has 2 atom stereocenters. The van der Waals surface area contributed by atoms with E-state index < -0.39 is 6.10 Å². The minimum atomic E-state index is -0.490. The zero-order valence-electron chi connectivity index (χ0n) is 10.7. The Morgan fingerprint density at radius 1 is 1.42 bits per heavy atom. The molecule has 0 aromatic carbocycles. The van der Waals surface area contributed by atoms with Gasteiger partial charge >= 0.3 is 0 Å². The van der Waals surface area contributed by atoms with E-state index >= 15 is 0 Å². The predicted octanol–water partition coefficient (Wildman–Crippen LogP) is -0.150. The van der Waals surface area contributed by atoms with E-state index in [0.717, 1.165) is 19.3 Å². The van der Waals surface area contributed by atoms with Gasteiger partial charge in [-0.2, -0.15) is 0 Å². The number of carbonyl (C=O) groups is 1. The van der Waals surface area contributed by atoms with Gasteiger partial charge in [0.05, 0.1) is 12.1 Å². The van der Waals surface area contributed by atoms with E-state index in [1.54, 1.807) is 0 Å². The van der Waals surface area contributed by atoms with Gasteiger partial charge in [-0.25, -0.2) is 0 Å². The molecule has 6 nitrogen and oxygen atoms in total. The second-order valence-corrected chi connectivity index (χ2v) is 4.95. The smallest absolute Gasteiger partial charge is 0.251 e. The van der Waals surface area contributed by atoms with E-state index in [2.05, 4.69) is 5.32 Å². The Balaban J connectivity index is 1.97. The molecule has 2 rings (SSSR count). The van der Waals surface area contributed by atoms with Crippen molar-refractivity contribution in [2.24, 2.45) is 0 Å². The lowest BCUT2D eigenvalue weighted by molar-refractivity contribution is -0.123. The van der Waals surface area contributed by atoms with E-state index in [1.807, 2.05) is 0 Å². The molecule has 0 unspecified atom stereocenters. The molecule has 0 bridgehead atoms.